The lowest BCUT2D eigenvalue weighted by Crippen LogP contribution is -2.31. The second-order valence-electron chi connectivity index (χ2n) is 5.05. The third kappa shape index (κ3) is 3.02. The Morgan fingerprint density at radius 1 is 1.21 bits per heavy atom. The van der Waals surface area contributed by atoms with Crippen LogP contribution in [-0.2, 0) is 10.0 Å². The van der Waals surface area contributed by atoms with Crippen LogP contribution in [0.2, 0.25) is 0 Å². The number of rotatable bonds is 3. The number of nitrogens with zero attached hydrogens (tertiary/aromatic N) is 4. The highest BCUT2D eigenvalue weighted by Crippen LogP contribution is 2.21. The highest BCUT2D eigenvalue weighted by atomic mass is 79.9. The molecular weight excluding hydrogens is 398 g/mol. The van der Waals surface area contributed by atoms with Crippen LogP contribution in [0.4, 0.5) is 0 Å². The number of carbonyl (C=O) groups is 1. The molecule has 0 atom stereocenters. The molecule has 0 spiro atoms. The second kappa shape index (κ2) is 5.95. The number of fused-ring (bicyclic) bond motifs is 1. The molecule has 1 N–H and O–H groups in total. The predicted octanol–water partition coefficient (Wildman–Crippen LogP) is 1.62. The summed E-state index contributed by atoms with van der Waals surface area (Å²) in [6.45, 7) is 3.58. The van der Waals surface area contributed by atoms with Gasteiger partial charge in [-0.1, -0.05) is 12.1 Å². The largest absolute Gasteiger partial charge is 0.304 e. The van der Waals surface area contributed by atoms with Crippen LogP contribution in [0.1, 0.15) is 22.0 Å². The molecule has 24 heavy (non-hydrogen) atoms. The fraction of sp³-hybridized carbons (Fsp3) is 0.143. The monoisotopic (exact) mass is 409 g/mol. The second-order valence-corrected chi connectivity index (χ2v) is 7.56. The maximum Gasteiger partial charge on any atom is 0.304 e. The number of nitrogens with one attached hydrogen (secondary N) is 1. The van der Waals surface area contributed by atoms with Crippen LogP contribution in [0.15, 0.2) is 39.7 Å². The molecule has 8 nitrogen and oxygen atoms in total. The molecule has 1 aromatic carbocycles. The lowest BCUT2D eigenvalue weighted by atomic mass is 10.4. The standard InChI is InChI=1S/C14H12BrN5O3S/c1-8-7-9(2)20-14(16-8)17-12(18-20)13(21)19-24(22,23)11-6-4-3-5-10(11)15/h3-7H,1-2H3,(H,19,21). The van der Waals surface area contributed by atoms with Gasteiger partial charge >= 0.3 is 5.91 Å². The summed E-state index contributed by atoms with van der Waals surface area (Å²) in [4.78, 5) is 20.3. The number of carbonyl (C=O) groups excluding carboxylic acids is 1. The van der Waals surface area contributed by atoms with Crippen molar-refractivity contribution in [1.29, 1.82) is 0 Å². The summed E-state index contributed by atoms with van der Waals surface area (Å²) >= 11 is 3.15. The minimum atomic E-state index is -4.05. The Kier molecular flexibility index (Phi) is 4.10. The van der Waals surface area contributed by atoms with E-state index < -0.39 is 15.9 Å². The Morgan fingerprint density at radius 2 is 1.92 bits per heavy atom. The van der Waals surface area contributed by atoms with E-state index in [2.05, 4.69) is 31.0 Å². The van der Waals surface area contributed by atoms with E-state index in [1.165, 1.54) is 10.6 Å². The van der Waals surface area contributed by atoms with E-state index in [4.69, 9.17) is 0 Å². The molecular formula is C14H12BrN5O3S. The molecule has 2 heterocycles. The molecule has 0 saturated carbocycles. The normalized spacial score (nSPS) is 11.6. The van der Waals surface area contributed by atoms with Gasteiger partial charge in [-0.25, -0.2) is 22.6 Å². The lowest BCUT2D eigenvalue weighted by Gasteiger charge is -2.06. The molecule has 3 aromatic rings. The first-order valence-electron chi connectivity index (χ1n) is 6.80. The number of hydrogen-bond acceptors (Lipinski definition) is 6. The van der Waals surface area contributed by atoms with Crippen molar-refractivity contribution in [3.05, 3.63) is 52.0 Å². The number of aromatic nitrogens is 4. The molecule has 2 aromatic heterocycles. The molecule has 0 bridgehead atoms. The zero-order valence-corrected chi connectivity index (χ0v) is 15.1. The number of halogens is 1. The molecule has 0 saturated heterocycles. The van der Waals surface area contributed by atoms with Gasteiger partial charge < -0.3 is 0 Å². The topological polar surface area (TPSA) is 106 Å². The summed E-state index contributed by atoms with van der Waals surface area (Å²) in [5, 5.41) is 4.01. The number of aryl methyl sites for hydroxylation is 2. The molecule has 10 heteroatoms. The van der Waals surface area contributed by atoms with Crippen molar-refractivity contribution in [3.63, 3.8) is 0 Å². The van der Waals surface area contributed by atoms with Crippen LogP contribution < -0.4 is 4.72 Å². The van der Waals surface area contributed by atoms with Gasteiger partial charge in [-0.15, -0.1) is 5.10 Å². The van der Waals surface area contributed by atoms with Gasteiger partial charge in [0.25, 0.3) is 15.8 Å². The van der Waals surface area contributed by atoms with Crippen LogP contribution in [0.3, 0.4) is 0 Å². The van der Waals surface area contributed by atoms with Gasteiger partial charge in [0.2, 0.25) is 5.82 Å². The van der Waals surface area contributed by atoms with Crippen molar-refractivity contribution in [2.24, 2.45) is 0 Å². The first kappa shape index (κ1) is 16.5. The molecule has 124 valence electrons. The highest BCUT2D eigenvalue weighted by molar-refractivity contribution is 9.10. The number of hydrogen-bond donors (Lipinski definition) is 1. The minimum Gasteiger partial charge on any atom is -0.264 e. The fourth-order valence-corrected chi connectivity index (χ4v) is 4.10. The van der Waals surface area contributed by atoms with Crippen LogP contribution in [0.5, 0.6) is 0 Å². The molecule has 0 fully saturated rings. The van der Waals surface area contributed by atoms with Gasteiger partial charge in [0, 0.05) is 15.9 Å². The maximum atomic E-state index is 12.3. The summed E-state index contributed by atoms with van der Waals surface area (Å²) in [5.41, 5.74) is 1.46. The van der Waals surface area contributed by atoms with E-state index in [9.17, 15) is 13.2 Å². The number of amides is 1. The lowest BCUT2D eigenvalue weighted by molar-refractivity contribution is 0.0971. The quantitative estimate of drug-likeness (QED) is 0.704. The highest BCUT2D eigenvalue weighted by Gasteiger charge is 2.24. The molecule has 0 unspecified atom stereocenters. The Labute approximate surface area is 146 Å². The fourth-order valence-electron chi connectivity index (χ4n) is 2.15. The average Bonchev–Trinajstić information content (AvgIpc) is 2.91. The van der Waals surface area contributed by atoms with E-state index in [-0.39, 0.29) is 16.5 Å². The Bertz CT molecular complexity index is 1060. The molecule has 0 radical (unpaired) electrons. The van der Waals surface area contributed by atoms with Crippen LogP contribution in [0.25, 0.3) is 5.78 Å². The molecule has 0 aliphatic heterocycles. The molecule has 1 amide bonds. The third-order valence-electron chi connectivity index (χ3n) is 3.17. The number of sulfonamides is 1. The summed E-state index contributed by atoms with van der Waals surface area (Å²) in [6.07, 6.45) is 0. The maximum absolute atomic E-state index is 12.3. The summed E-state index contributed by atoms with van der Waals surface area (Å²) in [6, 6.07) is 7.96. The van der Waals surface area contributed by atoms with E-state index in [1.54, 1.807) is 38.1 Å². The van der Waals surface area contributed by atoms with Crippen molar-refractivity contribution in [2.45, 2.75) is 18.7 Å². The van der Waals surface area contributed by atoms with Crippen molar-refractivity contribution in [2.75, 3.05) is 0 Å². The van der Waals surface area contributed by atoms with E-state index in [0.717, 1.165) is 11.4 Å². The Morgan fingerprint density at radius 3 is 2.62 bits per heavy atom. The molecule has 0 aliphatic carbocycles. The Balaban J connectivity index is 1.96. The van der Waals surface area contributed by atoms with Crippen molar-refractivity contribution in [1.82, 2.24) is 24.3 Å². The van der Waals surface area contributed by atoms with Gasteiger partial charge in [0.15, 0.2) is 0 Å². The van der Waals surface area contributed by atoms with Crippen LogP contribution in [0, 0.1) is 13.8 Å². The third-order valence-corrected chi connectivity index (χ3v) is 5.52. The van der Waals surface area contributed by atoms with Crippen LogP contribution >= 0.6 is 15.9 Å². The van der Waals surface area contributed by atoms with Crippen LogP contribution in [-0.4, -0.2) is 33.9 Å². The van der Waals surface area contributed by atoms with Gasteiger partial charge in [-0.2, -0.15) is 4.98 Å². The Hall–Kier alpha value is -2.33. The van der Waals surface area contributed by atoms with Gasteiger partial charge in [0.05, 0.1) is 0 Å². The molecule has 0 aliphatic rings. The summed E-state index contributed by atoms with van der Waals surface area (Å²) in [7, 11) is -4.05. The SMILES string of the molecule is Cc1cc(C)n2nc(C(=O)NS(=O)(=O)c3ccccc3Br)nc2n1. The van der Waals surface area contributed by atoms with E-state index in [1.807, 2.05) is 4.72 Å². The zero-order valence-electron chi connectivity index (χ0n) is 12.7. The van der Waals surface area contributed by atoms with Crippen molar-refractivity contribution >= 4 is 37.6 Å². The van der Waals surface area contributed by atoms with Gasteiger partial charge in [-0.3, -0.25) is 4.79 Å². The predicted molar refractivity (Wildman–Crippen MR) is 89.1 cm³/mol. The van der Waals surface area contributed by atoms with Crippen molar-refractivity contribution < 1.29 is 13.2 Å². The van der Waals surface area contributed by atoms with Gasteiger partial charge in [0.1, 0.15) is 4.90 Å². The van der Waals surface area contributed by atoms with Gasteiger partial charge in [-0.05, 0) is 48.0 Å². The average molecular weight is 410 g/mol. The number of benzene rings is 1. The minimum absolute atomic E-state index is 0.0488. The summed E-state index contributed by atoms with van der Waals surface area (Å²) in [5.74, 6) is -0.962. The smallest absolute Gasteiger partial charge is 0.264 e. The van der Waals surface area contributed by atoms with E-state index >= 15 is 0 Å². The first-order chi connectivity index (χ1) is 11.3. The van der Waals surface area contributed by atoms with E-state index in [0.29, 0.717) is 4.47 Å². The van der Waals surface area contributed by atoms with Crippen molar-refractivity contribution in [3.8, 4) is 0 Å². The zero-order chi connectivity index (χ0) is 17.5. The summed E-state index contributed by atoms with van der Waals surface area (Å²) < 4.78 is 28.4. The molecule has 3 rings (SSSR count). The first-order valence-corrected chi connectivity index (χ1v) is 9.08.